The Hall–Kier alpha value is -2.45. The Balaban J connectivity index is 1.63. The topological polar surface area (TPSA) is 38.7 Å². The van der Waals surface area contributed by atoms with Gasteiger partial charge in [-0.15, -0.1) is 0 Å². The summed E-state index contributed by atoms with van der Waals surface area (Å²) in [5.41, 5.74) is 1.34. The van der Waals surface area contributed by atoms with Gasteiger partial charge in [-0.25, -0.2) is 4.79 Å². The Morgan fingerprint density at radius 2 is 1.34 bits per heavy atom. The largest absolute Gasteiger partial charge is 0.416 e. The van der Waals surface area contributed by atoms with Gasteiger partial charge in [0.1, 0.15) is 0 Å². The van der Waals surface area contributed by atoms with Crippen molar-refractivity contribution in [3.8, 4) is 0 Å². The van der Waals surface area contributed by atoms with Crippen molar-refractivity contribution in [1.82, 2.24) is 0 Å². The van der Waals surface area contributed by atoms with E-state index in [-0.39, 0.29) is 5.56 Å². The summed E-state index contributed by atoms with van der Waals surface area (Å²) in [6.45, 7) is 0. The van der Waals surface area contributed by atoms with E-state index in [0.717, 1.165) is 50.8 Å². The molecule has 0 bridgehead atoms. The Morgan fingerprint density at radius 1 is 0.844 bits per heavy atom. The van der Waals surface area contributed by atoms with Crippen molar-refractivity contribution in [2.24, 2.45) is 5.16 Å². The molecule has 164 valence electrons. The summed E-state index contributed by atoms with van der Waals surface area (Å²) in [7, 11) is 0. The lowest BCUT2D eigenvalue weighted by Gasteiger charge is -2.43. The Kier molecular flexibility index (Phi) is 6.27. The highest BCUT2D eigenvalue weighted by Gasteiger charge is 2.47. The lowest BCUT2D eigenvalue weighted by molar-refractivity contribution is -0.137. The number of halogens is 5. The van der Waals surface area contributed by atoms with Gasteiger partial charge < -0.3 is 4.84 Å². The first-order valence-corrected chi connectivity index (χ1v) is 11.3. The van der Waals surface area contributed by atoms with Crippen LogP contribution < -0.4 is 0 Å². The van der Waals surface area contributed by atoms with Gasteiger partial charge in [0, 0.05) is 8.95 Å². The third-order valence-electron chi connectivity index (χ3n) is 5.59. The Bertz CT molecular complexity index is 1110. The molecule has 0 atom stereocenters. The molecule has 0 amide bonds. The third kappa shape index (κ3) is 4.38. The fourth-order valence-corrected chi connectivity index (χ4v) is 4.34. The highest BCUT2D eigenvalue weighted by atomic mass is 79.9. The molecule has 0 radical (unpaired) electrons. The van der Waals surface area contributed by atoms with Crippen molar-refractivity contribution < 1.29 is 22.8 Å². The summed E-state index contributed by atoms with van der Waals surface area (Å²) in [6, 6.07) is 19.6. The molecule has 1 saturated carbocycles. The van der Waals surface area contributed by atoms with Gasteiger partial charge in [-0.1, -0.05) is 61.3 Å². The molecule has 0 aromatic heterocycles. The van der Waals surface area contributed by atoms with Crippen LogP contribution in [0.5, 0.6) is 0 Å². The number of carbonyl (C=O) groups is 1. The molecule has 0 unspecified atom stereocenters. The SMILES string of the molecule is O=C(ON=C1CCC1(c1ccc(Br)cc1)c1ccc(Br)cc1)c1ccc(C(F)(F)F)cc1. The predicted octanol–water partition coefficient (Wildman–Crippen LogP) is 7.52. The highest BCUT2D eigenvalue weighted by molar-refractivity contribution is 9.10. The first-order chi connectivity index (χ1) is 15.2. The Morgan fingerprint density at radius 3 is 1.75 bits per heavy atom. The summed E-state index contributed by atoms with van der Waals surface area (Å²) >= 11 is 6.90. The van der Waals surface area contributed by atoms with Crippen LogP contribution in [0, 0.1) is 0 Å². The van der Waals surface area contributed by atoms with Gasteiger partial charge >= 0.3 is 12.1 Å². The minimum Gasteiger partial charge on any atom is -0.313 e. The number of alkyl halides is 3. The number of benzene rings is 3. The summed E-state index contributed by atoms with van der Waals surface area (Å²) < 4.78 is 40.1. The average molecular weight is 567 g/mol. The highest BCUT2D eigenvalue weighted by Crippen LogP contribution is 2.47. The zero-order valence-electron chi connectivity index (χ0n) is 16.5. The fourth-order valence-electron chi connectivity index (χ4n) is 3.81. The number of hydrogen-bond acceptors (Lipinski definition) is 3. The Labute approximate surface area is 199 Å². The molecule has 1 fully saturated rings. The van der Waals surface area contributed by atoms with Crippen molar-refractivity contribution in [2.45, 2.75) is 24.4 Å². The van der Waals surface area contributed by atoms with Crippen molar-refractivity contribution in [2.75, 3.05) is 0 Å². The lowest BCUT2D eigenvalue weighted by Crippen LogP contribution is -2.46. The number of rotatable bonds is 4. The van der Waals surface area contributed by atoms with E-state index in [1.807, 2.05) is 48.5 Å². The molecule has 8 heteroatoms. The first-order valence-electron chi connectivity index (χ1n) is 9.68. The minimum atomic E-state index is -4.47. The zero-order chi connectivity index (χ0) is 22.9. The summed E-state index contributed by atoms with van der Waals surface area (Å²) in [4.78, 5) is 17.6. The van der Waals surface area contributed by atoms with E-state index >= 15 is 0 Å². The number of carbonyl (C=O) groups excluding carboxylic acids is 1. The maximum Gasteiger partial charge on any atom is 0.416 e. The number of nitrogens with zero attached hydrogens (tertiary/aromatic N) is 1. The summed E-state index contributed by atoms with van der Waals surface area (Å²) in [6.07, 6.45) is -3.05. The van der Waals surface area contributed by atoms with Gasteiger partial charge in [0.2, 0.25) is 0 Å². The van der Waals surface area contributed by atoms with Crippen molar-refractivity contribution >= 4 is 43.5 Å². The van der Waals surface area contributed by atoms with Gasteiger partial charge in [-0.05, 0) is 72.5 Å². The van der Waals surface area contributed by atoms with Crippen molar-refractivity contribution in [3.63, 3.8) is 0 Å². The van der Waals surface area contributed by atoms with Crippen molar-refractivity contribution in [1.29, 1.82) is 0 Å². The fraction of sp³-hybridized carbons (Fsp3) is 0.167. The van der Waals surface area contributed by atoms with Gasteiger partial charge in [0.05, 0.1) is 22.3 Å². The van der Waals surface area contributed by atoms with Crippen LogP contribution in [0.3, 0.4) is 0 Å². The van der Waals surface area contributed by atoms with E-state index in [0.29, 0.717) is 12.1 Å². The second-order valence-electron chi connectivity index (χ2n) is 7.41. The van der Waals surface area contributed by atoms with E-state index in [1.165, 1.54) is 0 Å². The summed E-state index contributed by atoms with van der Waals surface area (Å²) in [5.74, 6) is -0.807. The zero-order valence-corrected chi connectivity index (χ0v) is 19.7. The van der Waals surface area contributed by atoms with E-state index in [1.54, 1.807) is 0 Å². The second kappa shape index (κ2) is 8.83. The van der Waals surface area contributed by atoms with E-state index in [9.17, 15) is 18.0 Å². The second-order valence-corrected chi connectivity index (χ2v) is 9.24. The van der Waals surface area contributed by atoms with E-state index in [4.69, 9.17) is 4.84 Å². The quantitative estimate of drug-likeness (QED) is 0.242. The lowest BCUT2D eigenvalue weighted by atomic mass is 9.59. The van der Waals surface area contributed by atoms with E-state index in [2.05, 4.69) is 37.0 Å². The molecule has 1 aliphatic rings. The normalized spacial score (nSPS) is 16.5. The minimum absolute atomic E-state index is 0.000410. The molecule has 32 heavy (non-hydrogen) atoms. The van der Waals surface area contributed by atoms with Crippen LogP contribution in [0.25, 0.3) is 0 Å². The van der Waals surface area contributed by atoms with Gasteiger partial charge in [-0.2, -0.15) is 13.2 Å². The van der Waals surface area contributed by atoms with Crippen molar-refractivity contribution in [3.05, 3.63) is 104 Å². The monoisotopic (exact) mass is 565 g/mol. The maximum absolute atomic E-state index is 12.7. The first kappa shape index (κ1) is 22.7. The maximum atomic E-state index is 12.7. The molecule has 3 nitrogen and oxygen atoms in total. The summed E-state index contributed by atoms with van der Waals surface area (Å²) in [5, 5.41) is 4.15. The van der Waals surface area contributed by atoms with Crippen LogP contribution in [0.15, 0.2) is 86.9 Å². The standard InChI is InChI=1S/C24H16Br2F3NO2/c25-19-9-5-16(6-10-19)23(17-7-11-20(26)12-8-17)14-13-21(23)30-32-22(31)15-1-3-18(4-2-15)24(27,28)29/h1-12H,13-14H2. The molecule has 1 aliphatic carbocycles. The molecule has 0 heterocycles. The average Bonchev–Trinajstić information content (AvgIpc) is 2.75. The molecule has 0 saturated heterocycles. The molecule has 0 N–H and O–H groups in total. The molecule has 3 aromatic carbocycles. The van der Waals surface area contributed by atoms with Crippen LogP contribution in [-0.2, 0) is 16.4 Å². The molecular formula is C24H16Br2F3NO2. The molecular weight excluding hydrogens is 551 g/mol. The van der Waals surface area contributed by atoms with Crippen LogP contribution in [0.4, 0.5) is 13.2 Å². The molecule has 4 rings (SSSR count). The third-order valence-corrected chi connectivity index (χ3v) is 6.65. The number of hydrogen-bond donors (Lipinski definition) is 0. The molecule has 0 aliphatic heterocycles. The predicted molar refractivity (Wildman–Crippen MR) is 123 cm³/mol. The van der Waals surface area contributed by atoms with Crippen LogP contribution in [-0.4, -0.2) is 11.7 Å². The van der Waals surface area contributed by atoms with Gasteiger partial charge in [0.25, 0.3) is 0 Å². The van der Waals surface area contributed by atoms with Crippen LogP contribution in [0.1, 0.15) is 39.9 Å². The van der Waals surface area contributed by atoms with Crippen LogP contribution in [0.2, 0.25) is 0 Å². The number of oxime groups is 1. The van der Waals surface area contributed by atoms with E-state index < -0.39 is 23.1 Å². The van der Waals surface area contributed by atoms with Gasteiger partial charge in [-0.3, -0.25) is 0 Å². The molecule has 0 spiro atoms. The van der Waals surface area contributed by atoms with Crippen LogP contribution >= 0.6 is 31.9 Å². The smallest absolute Gasteiger partial charge is 0.313 e. The van der Waals surface area contributed by atoms with Gasteiger partial charge in [0.15, 0.2) is 0 Å². The molecule has 3 aromatic rings.